The van der Waals surface area contributed by atoms with Gasteiger partial charge in [0.1, 0.15) is 10.8 Å². The van der Waals surface area contributed by atoms with E-state index in [0.717, 1.165) is 16.7 Å². The fourth-order valence-electron chi connectivity index (χ4n) is 2.16. The van der Waals surface area contributed by atoms with Crippen LogP contribution in [0.5, 0.6) is 5.75 Å². The quantitative estimate of drug-likeness (QED) is 0.490. The number of halogens is 3. The third-order valence-electron chi connectivity index (χ3n) is 3.50. The van der Waals surface area contributed by atoms with E-state index in [4.69, 9.17) is 4.74 Å². The molecule has 1 aromatic heterocycles. The molecule has 3 N–H and O–H groups in total. The van der Waals surface area contributed by atoms with Crippen molar-refractivity contribution in [3.05, 3.63) is 45.9 Å². The number of aliphatic hydroxyl groups excluding tert-OH is 1. The molecule has 0 radical (unpaired) electrons. The Balaban J connectivity index is 1.97. The molecule has 0 spiro atoms. The second-order valence-corrected chi connectivity index (χ2v) is 6.44. The predicted molar refractivity (Wildman–Crippen MR) is 97.9 cm³/mol. The highest BCUT2D eigenvalue weighted by Crippen LogP contribution is 2.30. The molecule has 0 aliphatic rings. The summed E-state index contributed by atoms with van der Waals surface area (Å²) in [6.45, 7) is 2.60. The van der Waals surface area contributed by atoms with Gasteiger partial charge in [-0.2, -0.15) is 13.2 Å². The van der Waals surface area contributed by atoms with Crippen LogP contribution in [0.15, 0.2) is 34.6 Å². The first-order valence-corrected chi connectivity index (χ1v) is 9.07. The van der Waals surface area contributed by atoms with Gasteiger partial charge in [0.25, 0.3) is 0 Å². The molecule has 0 aliphatic carbocycles. The highest BCUT2D eigenvalue weighted by molar-refractivity contribution is 7.09. The number of alkyl halides is 3. The largest absolute Gasteiger partial charge is 0.497 e. The summed E-state index contributed by atoms with van der Waals surface area (Å²) in [7, 11) is 1.54. The Labute approximate surface area is 159 Å². The van der Waals surface area contributed by atoms with Gasteiger partial charge in [-0.3, -0.25) is 0 Å². The lowest BCUT2D eigenvalue weighted by Crippen LogP contribution is -2.39. The van der Waals surface area contributed by atoms with E-state index in [1.54, 1.807) is 31.4 Å². The van der Waals surface area contributed by atoms with Crippen LogP contribution in [0.4, 0.5) is 13.2 Å². The van der Waals surface area contributed by atoms with Crippen LogP contribution >= 0.6 is 11.3 Å². The minimum Gasteiger partial charge on any atom is -0.497 e. The number of nitrogens with zero attached hydrogens (tertiary/aromatic N) is 2. The molecule has 1 atom stereocenters. The van der Waals surface area contributed by atoms with Gasteiger partial charge in [-0.15, -0.1) is 11.3 Å². The fourth-order valence-corrected chi connectivity index (χ4v) is 2.89. The minimum atomic E-state index is -4.46. The van der Waals surface area contributed by atoms with Gasteiger partial charge < -0.3 is 20.5 Å². The first-order chi connectivity index (χ1) is 12.8. The van der Waals surface area contributed by atoms with Crippen molar-refractivity contribution in [3.63, 3.8) is 0 Å². The van der Waals surface area contributed by atoms with Gasteiger partial charge >= 0.3 is 6.18 Å². The standard InChI is InChI=1S/C17H21F3N4O2S/c1-3-21-16(23-9-15-24-14(10-27-15)17(18,19)20)22-8-13(25)11-5-4-6-12(7-11)26-2/h4-7,10,13,25H,3,8-9H2,1-2H3,(H2,21,22,23). The Morgan fingerprint density at radius 2 is 2.15 bits per heavy atom. The van der Waals surface area contributed by atoms with Crippen LogP contribution < -0.4 is 15.4 Å². The maximum absolute atomic E-state index is 12.6. The van der Waals surface area contributed by atoms with E-state index in [2.05, 4.69) is 20.6 Å². The number of aromatic nitrogens is 1. The lowest BCUT2D eigenvalue weighted by atomic mass is 10.1. The van der Waals surface area contributed by atoms with E-state index >= 15 is 0 Å². The van der Waals surface area contributed by atoms with E-state index in [1.165, 1.54) is 0 Å². The Bertz CT molecular complexity index is 765. The summed E-state index contributed by atoms with van der Waals surface area (Å²) in [5, 5.41) is 17.5. The van der Waals surface area contributed by atoms with Gasteiger partial charge in [0.05, 0.1) is 19.8 Å². The summed E-state index contributed by atoms with van der Waals surface area (Å²) in [4.78, 5) is 7.76. The maximum atomic E-state index is 12.6. The molecule has 0 aliphatic heterocycles. The zero-order chi connectivity index (χ0) is 19.9. The highest BCUT2D eigenvalue weighted by atomic mass is 32.1. The third-order valence-corrected chi connectivity index (χ3v) is 4.33. The second kappa shape index (κ2) is 9.56. The molecule has 10 heteroatoms. The van der Waals surface area contributed by atoms with Crippen molar-refractivity contribution < 1.29 is 23.0 Å². The molecule has 0 saturated carbocycles. The Morgan fingerprint density at radius 1 is 1.37 bits per heavy atom. The summed E-state index contributed by atoms with van der Waals surface area (Å²) in [6.07, 6.45) is -5.26. The Morgan fingerprint density at radius 3 is 2.78 bits per heavy atom. The number of methoxy groups -OCH3 is 1. The molecule has 2 rings (SSSR count). The van der Waals surface area contributed by atoms with Gasteiger partial charge in [0.15, 0.2) is 11.7 Å². The lowest BCUT2D eigenvalue weighted by Gasteiger charge is -2.16. The molecule has 27 heavy (non-hydrogen) atoms. The van der Waals surface area contributed by atoms with E-state index in [1.807, 2.05) is 6.92 Å². The maximum Gasteiger partial charge on any atom is 0.434 e. The van der Waals surface area contributed by atoms with Crippen LogP contribution in [-0.4, -0.2) is 36.2 Å². The number of aliphatic hydroxyl groups is 1. The fraction of sp³-hybridized carbons (Fsp3) is 0.412. The number of hydrogen-bond acceptors (Lipinski definition) is 5. The zero-order valence-electron chi connectivity index (χ0n) is 14.9. The molecular formula is C17H21F3N4O2S. The summed E-state index contributed by atoms with van der Waals surface area (Å²) >= 11 is 0.905. The monoisotopic (exact) mass is 402 g/mol. The third kappa shape index (κ3) is 6.40. The average Bonchev–Trinajstić information content (AvgIpc) is 3.13. The van der Waals surface area contributed by atoms with Crippen LogP contribution in [-0.2, 0) is 12.7 Å². The molecule has 1 unspecified atom stereocenters. The molecule has 0 amide bonds. The number of aliphatic imine (C=N–C) groups is 1. The summed E-state index contributed by atoms with van der Waals surface area (Å²) in [6, 6.07) is 7.05. The highest BCUT2D eigenvalue weighted by Gasteiger charge is 2.33. The van der Waals surface area contributed by atoms with Crippen molar-refractivity contribution in [1.82, 2.24) is 15.6 Å². The Kier molecular flexibility index (Phi) is 7.43. The normalized spacial score (nSPS) is 13.3. The number of nitrogens with one attached hydrogen (secondary N) is 2. The van der Waals surface area contributed by atoms with Crippen LogP contribution in [0.1, 0.15) is 29.3 Å². The van der Waals surface area contributed by atoms with Crippen molar-refractivity contribution >= 4 is 17.3 Å². The van der Waals surface area contributed by atoms with Crippen molar-refractivity contribution in [1.29, 1.82) is 0 Å². The molecule has 6 nitrogen and oxygen atoms in total. The number of ether oxygens (including phenoxy) is 1. The first-order valence-electron chi connectivity index (χ1n) is 8.19. The van der Waals surface area contributed by atoms with Gasteiger partial charge in [-0.25, -0.2) is 9.98 Å². The average molecular weight is 402 g/mol. The summed E-state index contributed by atoms with van der Waals surface area (Å²) < 4.78 is 42.9. The molecule has 0 bridgehead atoms. The minimum absolute atomic E-state index is 0.00529. The Hall–Kier alpha value is -2.33. The van der Waals surface area contributed by atoms with Crippen LogP contribution in [0, 0.1) is 0 Å². The van der Waals surface area contributed by atoms with Crippen LogP contribution in [0.3, 0.4) is 0 Å². The molecule has 2 aromatic rings. The summed E-state index contributed by atoms with van der Waals surface area (Å²) in [5.74, 6) is 1.01. The van der Waals surface area contributed by atoms with Crippen LogP contribution in [0.25, 0.3) is 0 Å². The van der Waals surface area contributed by atoms with E-state index in [0.29, 0.717) is 23.8 Å². The molecule has 148 valence electrons. The summed E-state index contributed by atoms with van der Waals surface area (Å²) in [5.41, 5.74) is -0.239. The van der Waals surface area contributed by atoms with Gasteiger partial charge in [-0.1, -0.05) is 12.1 Å². The van der Waals surface area contributed by atoms with Gasteiger partial charge in [0, 0.05) is 18.5 Å². The molecular weight excluding hydrogens is 381 g/mol. The van der Waals surface area contributed by atoms with Crippen LogP contribution in [0.2, 0.25) is 0 Å². The topological polar surface area (TPSA) is 78.8 Å². The molecule has 0 saturated heterocycles. The molecule has 0 fully saturated rings. The number of guanidine groups is 1. The number of hydrogen-bond donors (Lipinski definition) is 3. The van der Waals surface area contributed by atoms with Gasteiger partial charge in [-0.05, 0) is 24.6 Å². The predicted octanol–water partition coefficient (Wildman–Crippen LogP) is 2.96. The van der Waals surface area contributed by atoms with Crippen molar-refractivity contribution in [3.8, 4) is 5.75 Å². The number of thiazole rings is 1. The van der Waals surface area contributed by atoms with Crippen molar-refractivity contribution in [2.24, 2.45) is 4.99 Å². The molecule has 1 heterocycles. The van der Waals surface area contributed by atoms with Gasteiger partial charge in [0.2, 0.25) is 0 Å². The molecule has 1 aromatic carbocycles. The van der Waals surface area contributed by atoms with Crippen molar-refractivity contribution in [2.75, 3.05) is 20.2 Å². The van der Waals surface area contributed by atoms with Crippen molar-refractivity contribution in [2.45, 2.75) is 25.7 Å². The first kappa shape index (κ1) is 21.0. The number of benzene rings is 1. The lowest BCUT2D eigenvalue weighted by molar-refractivity contribution is -0.140. The van der Waals surface area contributed by atoms with E-state index in [9.17, 15) is 18.3 Å². The number of rotatable bonds is 7. The second-order valence-electron chi connectivity index (χ2n) is 5.49. The zero-order valence-corrected chi connectivity index (χ0v) is 15.7. The SMILES string of the molecule is CCNC(=NCc1nc(C(F)(F)F)cs1)NCC(O)c1cccc(OC)c1. The smallest absolute Gasteiger partial charge is 0.434 e. The van der Waals surface area contributed by atoms with E-state index in [-0.39, 0.29) is 18.1 Å². The van der Waals surface area contributed by atoms with E-state index < -0.39 is 18.0 Å².